The van der Waals surface area contributed by atoms with Crippen LogP contribution >= 0.6 is 0 Å². The van der Waals surface area contributed by atoms with Crippen LogP contribution in [0.25, 0.3) is 16.9 Å². The molecule has 0 aliphatic heterocycles. The van der Waals surface area contributed by atoms with Gasteiger partial charge in [0.15, 0.2) is 0 Å². The van der Waals surface area contributed by atoms with Gasteiger partial charge in [-0.15, -0.1) is 12.5 Å². The third-order valence-corrected chi connectivity index (χ3v) is 13.4. The molecule has 1 nitrogen and oxygen atoms in total. The van der Waals surface area contributed by atoms with E-state index in [2.05, 4.69) is 150 Å². The van der Waals surface area contributed by atoms with Crippen molar-refractivity contribution in [2.24, 2.45) is 23.2 Å². The van der Waals surface area contributed by atoms with Crippen LogP contribution in [0.5, 0.6) is 0 Å². The van der Waals surface area contributed by atoms with E-state index in [1.807, 2.05) is 12.1 Å². The molecular formula is C44H52GeHfN-2. The van der Waals surface area contributed by atoms with Crippen LogP contribution in [0.3, 0.4) is 0 Å². The predicted octanol–water partition coefficient (Wildman–Crippen LogP) is 10.5. The van der Waals surface area contributed by atoms with E-state index < -0.39 is 15.4 Å². The van der Waals surface area contributed by atoms with Crippen LogP contribution < -0.4 is 8.79 Å². The van der Waals surface area contributed by atoms with Gasteiger partial charge in [0.25, 0.3) is 0 Å². The maximum absolute atomic E-state index is 8.34. The van der Waals surface area contributed by atoms with E-state index in [0.29, 0.717) is 11.3 Å². The van der Waals surface area contributed by atoms with E-state index in [9.17, 15) is 0 Å². The molecule has 0 heterocycles. The molecule has 5 aliphatic rings. The largest absolute Gasteiger partial charge is 0.0622 e. The average Bonchev–Trinajstić information content (AvgIpc) is 3.27. The summed E-state index contributed by atoms with van der Waals surface area (Å²) in [6, 6.07) is 42.3. The molecule has 4 bridgehead atoms. The molecular weight excluding hydrogens is 794 g/mol. The van der Waals surface area contributed by atoms with Crippen LogP contribution in [-0.4, -0.2) is 21.0 Å². The molecule has 4 saturated carbocycles. The van der Waals surface area contributed by atoms with Crippen molar-refractivity contribution in [3.63, 3.8) is 0 Å². The Kier molecular flexibility index (Phi) is 13.9. The van der Waals surface area contributed by atoms with E-state index >= 15 is 0 Å². The van der Waals surface area contributed by atoms with Crippen molar-refractivity contribution in [2.45, 2.75) is 78.7 Å². The Morgan fingerprint density at radius 3 is 1.34 bits per heavy atom. The van der Waals surface area contributed by atoms with E-state index in [1.165, 1.54) is 75.2 Å². The van der Waals surface area contributed by atoms with E-state index in [1.54, 1.807) is 0 Å². The van der Waals surface area contributed by atoms with Crippen molar-refractivity contribution in [3.05, 3.63) is 150 Å². The zero-order chi connectivity index (χ0) is 32.6. The molecule has 1 radical (unpaired) electrons. The van der Waals surface area contributed by atoms with Crippen molar-refractivity contribution in [3.8, 4) is 11.1 Å². The average molecular weight is 846 g/mol. The number of rotatable bonds is 3. The van der Waals surface area contributed by atoms with Crippen molar-refractivity contribution in [2.75, 3.05) is 0 Å². The maximum Gasteiger partial charge on any atom is -0.0184 e. The Hall–Kier alpha value is -2.27. The molecule has 0 saturated heterocycles. The van der Waals surface area contributed by atoms with Crippen molar-refractivity contribution < 1.29 is 25.8 Å². The van der Waals surface area contributed by atoms with Crippen LogP contribution in [0.15, 0.2) is 138 Å². The monoisotopic (exact) mass is 848 g/mol. The van der Waals surface area contributed by atoms with Crippen LogP contribution in [0.4, 0.5) is 0 Å². The summed E-state index contributed by atoms with van der Waals surface area (Å²) in [5.74, 6) is 2.41. The van der Waals surface area contributed by atoms with Gasteiger partial charge in [-0.2, -0.15) is 11.1 Å². The van der Waals surface area contributed by atoms with Gasteiger partial charge >= 0.3 is 84.9 Å². The molecule has 4 aromatic carbocycles. The second kappa shape index (κ2) is 17.4. The zero-order valence-corrected chi connectivity index (χ0v) is 35.1. The first kappa shape index (κ1) is 37.5. The van der Waals surface area contributed by atoms with Gasteiger partial charge in [0, 0.05) is 25.8 Å². The Balaban J connectivity index is 0.000000142. The van der Waals surface area contributed by atoms with Gasteiger partial charge in [0.2, 0.25) is 0 Å². The minimum Gasteiger partial charge on any atom is -0.0622 e. The third kappa shape index (κ3) is 10.9. The molecule has 243 valence electrons. The number of hydrogen-bond donors (Lipinski definition) is 0. The smallest absolute Gasteiger partial charge is 0.0184 e. The first-order chi connectivity index (χ1) is 22.1. The molecule has 9 rings (SSSR count). The number of benzene rings is 4. The SMILES string of the molecule is CC12CC3CC(C1)CC([NH-])(C3)C2.CC1=[C-]C(C)C(C)=C1C.[Hf].c1cc[c]([GeH][c]2ccccc2)cc1.c1ccc(-c2ccccc2)cc1. The molecule has 4 fully saturated rings. The minimum atomic E-state index is -0.392. The Morgan fingerprint density at radius 2 is 1.04 bits per heavy atom. The summed E-state index contributed by atoms with van der Waals surface area (Å²) >= 11 is -0.392. The summed E-state index contributed by atoms with van der Waals surface area (Å²) < 4.78 is 3.05. The molecule has 0 spiro atoms. The normalized spacial score (nSPS) is 26.3. The number of allylic oxidation sites excluding steroid dienone is 4. The van der Waals surface area contributed by atoms with Gasteiger partial charge in [0.05, 0.1) is 0 Å². The molecule has 1 N–H and O–H groups in total. The maximum atomic E-state index is 8.34. The van der Waals surface area contributed by atoms with Gasteiger partial charge in [-0.25, -0.2) is 5.57 Å². The predicted molar refractivity (Wildman–Crippen MR) is 201 cm³/mol. The van der Waals surface area contributed by atoms with Gasteiger partial charge in [-0.1, -0.05) is 114 Å². The molecule has 3 heteroatoms. The minimum absolute atomic E-state index is 0. The first-order valence-electron chi connectivity index (χ1n) is 17.2. The van der Waals surface area contributed by atoms with Gasteiger partial charge in [0.1, 0.15) is 0 Å². The van der Waals surface area contributed by atoms with E-state index in [-0.39, 0.29) is 31.4 Å². The van der Waals surface area contributed by atoms with Crippen LogP contribution in [-0.2, 0) is 25.8 Å². The fraction of sp³-hybridized carbons (Fsp3) is 0.364. The quantitative estimate of drug-likeness (QED) is 0.145. The fourth-order valence-corrected chi connectivity index (χ4v) is 11.0. The Morgan fingerprint density at radius 1 is 0.638 bits per heavy atom. The second-order valence-corrected chi connectivity index (χ2v) is 18.0. The number of hydrogen-bond acceptors (Lipinski definition) is 0. The fourth-order valence-electron chi connectivity index (χ4n) is 8.43. The summed E-state index contributed by atoms with van der Waals surface area (Å²) in [4.78, 5) is 0. The van der Waals surface area contributed by atoms with Gasteiger partial charge in [-0.05, 0) is 47.6 Å². The van der Waals surface area contributed by atoms with Crippen LogP contribution in [0.1, 0.15) is 73.1 Å². The number of nitrogens with one attached hydrogen (secondary N) is 1. The van der Waals surface area contributed by atoms with Crippen LogP contribution in [0.2, 0.25) is 0 Å². The molecule has 47 heavy (non-hydrogen) atoms. The molecule has 5 aliphatic carbocycles. The van der Waals surface area contributed by atoms with Crippen molar-refractivity contribution in [1.29, 1.82) is 0 Å². The molecule has 0 aromatic heterocycles. The second-order valence-electron chi connectivity index (χ2n) is 14.5. The third-order valence-electron chi connectivity index (χ3n) is 10.4. The standard InChI is InChI=1S/C12H11Ge.C12H10.C11H18N.C9H13.Hf/c1-3-7-11(8-4-1)13-12-9-5-2-6-10-12;1-3-7-11(8-4-1)12-9-5-2-6-10-12;1-10-3-8-2-9(4-10)6-11(12,5-8)7-10;1-6-5-7(2)9(4)8(6)3;/h1-10,13H;1-10H;8-9,12H,2-7H2,1H3;6H,1-4H3;/q;;2*-1;. The molecule has 3 atom stereocenters. The Bertz CT molecular complexity index is 1470. The summed E-state index contributed by atoms with van der Waals surface area (Å²) in [5.41, 5.74) is 15.7. The van der Waals surface area contributed by atoms with E-state index in [4.69, 9.17) is 5.73 Å². The summed E-state index contributed by atoms with van der Waals surface area (Å²) in [6.07, 6.45) is 11.3. The summed E-state index contributed by atoms with van der Waals surface area (Å²) in [7, 11) is 0. The first-order valence-corrected chi connectivity index (χ1v) is 19.6. The van der Waals surface area contributed by atoms with E-state index in [0.717, 1.165) is 11.8 Å². The Labute approximate surface area is 310 Å². The topological polar surface area (TPSA) is 23.8 Å². The van der Waals surface area contributed by atoms with Crippen LogP contribution in [0, 0.1) is 29.2 Å². The van der Waals surface area contributed by atoms with Crippen molar-refractivity contribution >= 4 is 24.2 Å². The molecule has 4 aromatic rings. The van der Waals surface area contributed by atoms with Gasteiger partial charge < -0.3 is 5.73 Å². The summed E-state index contributed by atoms with van der Waals surface area (Å²) in [6.45, 7) is 11.1. The molecule has 0 amide bonds. The van der Waals surface area contributed by atoms with Crippen molar-refractivity contribution in [1.82, 2.24) is 0 Å². The zero-order valence-electron chi connectivity index (χ0n) is 29.1. The van der Waals surface area contributed by atoms with Gasteiger partial charge in [-0.3, -0.25) is 6.08 Å². The summed E-state index contributed by atoms with van der Waals surface area (Å²) in [5, 5.41) is 0. The molecule has 3 unspecified atom stereocenters.